The Balaban J connectivity index is 3.83. The van der Waals surface area contributed by atoms with Crippen molar-refractivity contribution in [2.75, 3.05) is 52.4 Å². The van der Waals surface area contributed by atoms with Gasteiger partial charge in [0.15, 0.2) is 0 Å². The van der Waals surface area contributed by atoms with Crippen LogP contribution in [0.25, 0.3) is 0 Å². The Bertz CT molecular complexity index is 284. The van der Waals surface area contributed by atoms with Gasteiger partial charge >= 0.3 is 0 Å². The normalized spacial score (nSPS) is 12.7. The molecule has 0 fully saturated rings. The maximum Gasteiger partial charge on any atom is 0.0115 e. The summed E-state index contributed by atoms with van der Waals surface area (Å²) in [6.45, 7) is 26.8. The fraction of sp³-hybridized carbons (Fsp3) is 1.00. The number of hydrogen-bond donors (Lipinski definition) is 3. The summed E-state index contributed by atoms with van der Waals surface area (Å²) in [5.74, 6) is 0. The van der Waals surface area contributed by atoms with Gasteiger partial charge in [-0.15, -0.1) is 0 Å². The molecular weight excluding hydrogens is 310 g/mol. The summed E-state index contributed by atoms with van der Waals surface area (Å²) in [7, 11) is 0. The Labute approximate surface area is 158 Å². The summed E-state index contributed by atoms with van der Waals surface area (Å²) in [5.41, 5.74) is 0. The van der Waals surface area contributed by atoms with Crippen molar-refractivity contribution in [3.8, 4) is 0 Å². The Kier molecular flexibility index (Phi) is 14.8. The lowest BCUT2D eigenvalue weighted by Gasteiger charge is -2.34. The third-order valence-corrected chi connectivity index (χ3v) is 4.61. The molecule has 0 radical (unpaired) electrons. The van der Waals surface area contributed by atoms with E-state index in [0.717, 1.165) is 52.4 Å². The maximum absolute atomic E-state index is 3.57. The first-order valence-corrected chi connectivity index (χ1v) is 10.4. The zero-order chi connectivity index (χ0) is 19.2. The van der Waals surface area contributed by atoms with Crippen LogP contribution in [0.5, 0.6) is 0 Å². The van der Waals surface area contributed by atoms with Crippen LogP contribution in [-0.2, 0) is 0 Å². The summed E-state index contributed by atoms with van der Waals surface area (Å²) in [6.07, 6.45) is 0. The van der Waals surface area contributed by atoms with E-state index >= 15 is 0 Å². The molecule has 0 unspecified atom stereocenters. The van der Waals surface area contributed by atoms with Crippen LogP contribution in [0, 0.1) is 0 Å². The maximum atomic E-state index is 3.57. The Morgan fingerprint density at radius 1 is 0.560 bits per heavy atom. The first kappa shape index (κ1) is 24.8. The van der Waals surface area contributed by atoms with Gasteiger partial charge in [0.2, 0.25) is 0 Å². The van der Waals surface area contributed by atoms with E-state index in [9.17, 15) is 0 Å². The van der Waals surface area contributed by atoms with Gasteiger partial charge in [0, 0.05) is 76.5 Å². The van der Waals surface area contributed by atoms with Crippen molar-refractivity contribution in [2.45, 2.75) is 79.6 Å². The van der Waals surface area contributed by atoms with Crippen LogP contribution >= 0.6 is 0 Å². The Morgan fingerprint density at radius 3 is 1.56 bits per heavy atom. The van der Waals surface area contributed by atoms with Crippen molar-refractivity contribution in [1.82, 2.24) is 25.8 Å². The van der Waals surface area contributed by atoms with E-state index in [0.29, 0.717) is 24.2 Å². The highest BCUT2D eigenvalue weighted by molar-refractivity contribution is 4.72. The molecule has 0 saturated heterocycles. The average Bonchev–Trinajstić information content (AvgIpc) is 2.50. The van der Waals surface area contributed by atoms with E-state index in [1.54, 1.807) is 0 Å². The fourth-order valence-corrected chi connectivity index (χ4v) is 3.08. The quantitative estimate of drug-likeness (QED) is 0.369. The van der Waals surface area contributed by atoms with Gasteiger partial charge < -0.3 is 16.0 Å². The van der Waals surface area contributed by atoms with Gasteiger partial charge in [-0.3, -0.25) is 9.80 Å². The molecule has 5 nitrogen and oxygen atoms in total. The highest BCUT2D eigenvalue weighted by Gasteiger charge is 2.16. The number of hydrogen-bond acceptors (Lipinski definition) is 5. The highest BCUT2D eigenvalue weighted by Crippen LogP contribution is 2.06. The molecule has 0 aliphatic rings. The van der Waals surface area contributed by atoms with E-state index in [1.807, 2.05) is 0 Å². The lowest BCUT2D eigenvalue weighted by molar-refractivity contribution is 0.130. The predicted octanol–water partition coefficient (Wildman–Crippen LogP) is 1.99. The summed E-state index contributed by atoms with van der Waals surface area (Å²) in [5, 5.41) is 10.5. The van der Waals surface area contributed by atoms with Crippen LogP contribution in [0.1, 0.15) is 55.4 Å². The highest BCUT2D eigenvalue weighted by atomic mass is 15.2. The molecular formula is C20H47N5. The summed E-state index contributed by atoms with van der Waals surface area (Å²) >= 11 is 0. The number of nitrogens with one attached hydrogen (secondary N) is 3. The van der Waals surface area contributed by atoms with Crippen molar-refractivity contribution in [2.24, 2.45) is 0 Å². The van der Waals surface area contributed by atoms with Crippen LogP contribution in [0.15, 0.2) is 0 Å². The minimum atomic E-state index is 0.573. The van der Waals surface area contributed by atoms with Gasteiger partial charge in [-0.1, -0.05) is 13.8 Å². The molecule has 3 N–H and O–H groups in total. The third kappa shape index (κ3) is 13.6. The van der Waals surface area contributed by atoms with Gasteiger partial charge in [0.25, 0.3) is 0 Å². The minimum absolute atomic E-state index is 0.573. The molecule has 0 atom stereocenters. The van der Waals surface area contributed by atoms with Crippen molar-refractivity contribution in [1.29, 1.82) is 0 Å². The molecule has 25 heavy (non-hydrogen) atoms. The summed E-state index contributed by atoms with van der Waals surface area (Å²) in [6, 6.07) is 2.40. The van der Waals surface area contributed by atoms with Gasteiger partial charge in [-0.05, 0) is 41.5 Å². The van der Waals surface area contributed by atoms with E-state index in [1.165, 1.54) is 0 Å². The molecule has 0 bridgehead atoms. The largest absolute Gasteiger partial charge is 0.314 e. The topological polar surface area (TPSA) is 42.6 Å². The lowest BCUT2D eigenvalue weighted by atomic mass is 10.2. The second-order valence-electron chi connectivity index (χ2n) is 8.16. The molecule has 0 aromatic rings. The standard InChI is InChI=1S/C20H47N5/c1-17(2)23-12-11-21-9-10-22-13-14-24(18(3)4)15-16-25(19(5)6)20(7)8/h17-23H,9-16H2,1-8H3. The third-order valence-electron chi connectivity index (χ3n) is 4.61. The van der Waals surface area contributed by atoms with Crippen molar-refractivity contribution < 1.29 is 0 Å². The van der Waals surface area contributed by atoms with Gasteiger partial charge in [0.1, 0.15) is 0 Å². The number of nitrogens with zero attached hydrogens (tertiary/aromatic N) is 2. The molecule has 0 amide bonds. The molecule has 5 heteroatoms. The first-order chi connectivity index (χ1) is 11.8. The molecule has 0 aromatic carbocycles. The van der Waals surface area contributed by atoms with Crippen LogP contribution < -0.4 is 16.0 Å². The van der Waals surface area contributed by atoms with Gasteiger partial charge in [-0.25, -0.2) is 0 Å². The predicted molar refractivity (Wildman–Crippen MR) is 113 cm³/mol. The van der Waals surface area contributed by atoms with Crippen molar-refractivity contribution in [3.05, 3.63) is 0 Å². The van der Waals surface area contributed by atoms with Crippen molar-refractivity contribution >= 4 is 0 Å². The molecule has 0 rings (SSSR count). The molecule has 0 saturated carbocycles. The summed E-state index contributed by atoms with van der Waals surface area (Å²) in [4.78, 5) is 5.17. The lowest BCUT2D eigenvalue weighted by Crippen LogP contribution is -2.46. The Morgan fingerprint density at radius 2 is 1.08 bits per heavy atom. The SMILES string of the molecule is CC(C)NCCNCCNCCN(CCN(C(C)C)C(C)C)C(C)C. The van der Waals surface area contributed by atoms with Crippen LogP contribution in [-0.4, -0.2) is 86.3 Å². The zero-order valence-corrected chi connectivity index (χ0v) is 18.4. The van der Waals surface area contributed by atoms with Gasteiger partial charge in [-0.2, -0.15) is 0 Å². The minimum Gasteiger partial charge on any atom is -0.314 e. The first-order valence-electron chi connectivity index (χ1n) is 10.4. The van der Waals surface area contributed by atoms with E-state index in [-0.39, 0.29) is 0 Å². The second-order valence-corrected chi connectivity index (χ2v) is 8.16. The second kappa shape index (κ2) is 14.9. The van der Waals surface area contributed by atoms with Crippen LogP contribution in [0.2, 0.25) is 0 Å². The molecule has 0 aromatic heterocycles. The zero-order valence-electron chi connectivity index (χ0n) is 18.4. The van der Waals surface area contributed by atoms with Crippen LogP contribution in [0.3, 0.4) is 0 Å². The molecule has 0 aliphatic carbocycles. The molecule has 152 valence electrons. The van der Waals surface area contributed by atoms with Crippen molar-refractivity contribution in [3.63, 3.8) is 0 Å². The molecule has 0 heterocycles. The molecule has 0 aliphatic heterocycles. The smallest absolute Gasteiger partial charge is 0.0115 e. The molecule has 0 spiro atoms. The van der Waals surface area contributed by atoms with Crippen LogP contribution in [0.4, 0.5) is 0 Å². The van der Waals surface area contributed by atoms with E-state index in [2.05, 4.69) is 81.1 Å². The summed E-state index contributed by atoms with van der Waals surface area (Å²) < 4.78 is 0. The fourth-order valence-electron chi connectivity index (χ4n) is 3.08. The van der Waals surface area contributed by atoms with E-state index < -0.39 is 0 Å². The van der Waals surface area contributed by atoms with E-state index in [4.69, 9.17) is 0 Å². The Hall–Kier alpha value is -0.200. The average molecular weight is 358 g/mol. The monoisotopic (exact) mass is 357 g/mol. The van der Waals surface area contributed by atoms with Gasteiger partial charge in [0.05, 0.1) is 0 Å². The number of rotatable bonds is 16.